The highest BCUT2D eigenvalue weighted by atomic mass is 35.5. The van der Waals surface area contributed by atoms with E-state index in [1.807, 2.05) is 6.07 Å². The first-order valence-electron chi connectivity index (χ1n) is 11.0. The Labute approximate surface area is 193 Å². The average Bonchev–Trinajstić information content (AvgIpc) is 2.74. The van der Waals surface area contributed by atoms with E-state index in [9.17, 15) is 9.90 Å². The lowest BCUT2D eigenvalue weighted by atomic mass is 9.95. The van der Waals surface area contributed by atoms with Crippen molar-refractivity contribution in [3.63, 3.8) is 0 Å². The fourth-order valence-corrected chi connectivity index (χ4v) is 4.22. The zero-order chi connectivity index (χ0) is 23.3. The van der Waals surface area contributed by atoms with Gasteiger partial charge in [0.05, 0.1) is 29.7 Å². The van der Waals surface area contributed by atoms with Gasteiger partial charge in [0.1, 0.15) is 11.0 Å². The van der Waals surface area contributed by atoms with Gasteiger partial charge < -0.3 is 20.1 Å². The molecule has 1 aromatic heterocycles. The van der Waals surface area contributed by atoms with Crippen LogP contribution in [-0.2, 0) is 9.53 Å². The third kappa shape index (κ3) is 6.33. The second-order valence-corrected chi connectivity index (χ2v) is 9.16. The van der Waals surface area contributed by atoms with Gasteiger partial charge in [0.2, 0.25) is 0 Å². The molecule has 0 amide bonds. The van der Waals surface area contributed by atoms with E-state index in [-0.39, 0.29) is 12.5 Å². The number of nitrogens with one attached hydrogen (secondary N) is 1. The van der Waals surface area contributed by atoms with Gasteiger partial charge in [-0.05, 0) is 54.5 Å². The van der Waals surface area contributed by atoms with Crippen LogP contribution in [0.15, 0.2) is 30.5 Å². The second-order valence-electron chi connectivity index (χ2n) is 8.77. The molecule has 1 fully saturated rings. The van der Waals surface area contributed by atoms with Gasteiger partial charge in [0.25, 0.3) is 0 Å². The van der Waals surface area contributed by atoms with Gasteiger partial charge in [-0.1, -0.05) is 32.4 Å². The number of carboxylic acid groups (broad SMARTS) is 1. The van der Waals surface area contributed by atoms with Gasteiger partial charge in [0, 0.05) is 25.8 Å². The molecule has 1 saturated heterocycles. The van der Waals surface area contributed by atoms with E-state index in [4.69, 9.17) is 16.3 Å². The fourth-order valence-electron chi connectivity index (χ4n) is 4.11. The smallest absolute Gasteiger partial charge is 0.303 e. The average molecular weight is 464 g/mol. The first-order valence-corrected chi connectivity index (χ1v) is 11.4. The lowest BCUT2D eigenvalue weighted by Gasteiger charge is -2.38. The van der Waals surface area contributed by atoms with E-state index < -0.39 is 17.7 Å². The SMILES string of the molecule is CC(C)CN(c1cc(F)c(C(C)CC(=O)O)cc1Nc1ccc(Cl)nc1)C1CCOCC1. The summed E-state index contributed by atoms with van der Waals surface area (Å²) in [7, 11) is 0. The third-order valence-corrected chi connectivity index (χ3v) is 5.86. The molecule has 1 atom stereocenters. The topological polar surface area (TPSA) is 74.7 Å². The van der Waals surface area contributed by atoms with Crippen LogP contribution in [0, 0.1) is 11.7 Å². The lowest BCUT2D eigenvalue weighted by Crippen LogP contribution is -2.42. The highest BCUT2D eigenvalue weighted by Crippen LogP contribution is 2.37. The molecule has 6 nitrogen and oxygen atoms in total. The third-order valence-electron chi connectivity index (χ3n) is 5.64. The van der Waals surface area contributed by atoms with Crippen molar-refractivity contribution in [1.82, 2.24) is 4.98 Å². The summed E-state index contributed by atoms with van der Waals surface area (Å²) in [5.41, 5.74) is 2.56. The minimum Gasteiger partial charge on any atom is -0.481 e. The Balaban J connectivity index is 2.07. The number of hydrogen-bond donors (Lipinski definition) is 2. The van der Waals surface area contributed by atoms with Crippen LogP contribution in [0.1, 0.15) is 51.5 Å². The van der Waals surface area contributed by atoms with Gasteiger partial charge in [0.15, 0.2) is 0 Å². The number of aliphatic carboxylic acids is 1. The van der Waals surface area contributed by atoms with E-state index in [0.717, 1.165) is 36.4 Å². The van der Waals surface area contributed by atoms with Gasteiger partial charge in [-0.25, -0.2) is 9.37 Å². The van der Waals surface area contributed by atoms with Crippen molar-refractivity contribution in [2.75, 3.05) is 30.0 Å². The molecule has 2 heterocycles. The molecule has 174 valence electrons. The Kier molecular flexibility index (Phi) is 8.32. The maximum Gasteiger partial charge on any atom is 0.303 e. The van der Waals surface area contributed by atoms with Crippen LogP contribution in [0.4, 0.5) is 21.5 Å². The van der Waals surface area contributed by atoms with Crippen LogP contribution in [0.5, 0.6) is 0 Å². The van der Waals surface area contributed by atoms with Crippen LogP contribution in [0.3, 0.4) is 0 Å². The Morgan fingerprint density at radius 1 is 1.31 bits per heavy atom. The molecular formula is C24H31ClFN3O3. The number of anilines is 3. The number of pyridine rings is 1. The number of benzene rings is 1. The molecule has 0 spiro atoms. The number of aromatic nitrogens is 1. The summed E-state index contributed by atoms with van der Waals surface area (Å²) in [5.74, 6) is -1.45. The van der Waals surface area contributed by atoms with E-state index in [0.29, 0.717) is 29.8 Å². The Hall–Kier alpha value is -2.38. The molecule has 1 aliphatic rings. The summed E-state index contributed by atoms with van der Waals surface area (Å²) in [6.07, 6.45) is 3.21. The molecule has 1 aromatic carbocycles. The van der Waals surface area contributed by atoms with E-state index in [2.05, 4.69) is 29.0 Å². The summed E-state index contributed by atoms with van der Waals surface area (Å²) >= 11 is 5.93. The Morgan fingerprint density at radius 2 is 2.03 bits per heavy atom. The molecular weight excluding hydrogens is 433 g/mol. The van der Waals surface area contributed by atoms with E-state index in [1.54, 1.807) is 25.3 Å². The molecule has 0 radical (unpaired) electrons. The summed E-state index contributed by atoms with van der Waals surface area (Å²) < 4.78 is 20.8. The van der Waals surface area contributed by atoms with Crippen molar-refractivity contribution in [2.24, 2.45) is 5.92 Å². The van der Waals surface area contributed by atoms with Crippen molar-refractivity contribution in [3.8, 4) is 0 Å². The fraction of sp³-hybridized carbons (Fsp3) is 0.500. The number of ether oxygens (including phenoxy) is 1. The minimum absolute atomic E-state index is 0.145. The number of hydrogen-bond acceptors (Lipinski definition) is 5. The number of nitrogens with zero attached hydrogens (tertiary/aromatic N) is 2. The quantitative estimate of drug-likeness (QED) is 0.455. The van der Waals surface area contributed by atoms with Crippen molar-refractivity contribution in [1.29, 1.82) is 0 Å². The van der Waals surface area contributed by atoms with Crippen LogP contribution < -0.4 is 10.2 Å². The first kappa shape index (κ1) is 24.3. The normalized spacial score (nSPS) is 15.6. The lowest BCUT2D eigenvalue weighted by molar-refractivity contribution is -0.137. The maximum atomic E-state index is 15.3. The zero-order valence-electron chi connectivity index (χ0n) is 18.8. The van der Waals surface area contributed by atoms with Crippen LogP contribution in [-0.4, -0.2) is 41.9 Å². The zero-order valence-corrected chi connectivity index (χ0v) is 19.5. The van der Waals surface area contributed by atoms with Crippen molar-refractivity contribution >= 4 is 34.6 Å². The number of carbonyl (C=O) groups is 1. The first-order chi connectivity index (χ1) is 15.2. The molecule has 1 aliphatic heterocycles. The maximum absolute atomic E-state index is 15.3. The number of carboxylic acids is 1. The Bertz CT molecular complexity index is 917. The summed E-state index contributed by atoms with van der Waals surface area (Å²) in [5, 5.41) is 12.9. The van der Waals surface area contributed by atoms with Crippen molar-refractivity contribution in [2.45, 2.75) is 52.0 Å². The number of halogens is 2. The predicted molar refractivity (Wildman–Crippen MR) is 126 cm³/mol. The van der Waals surface area contributed by atoms with Crippen molar-refractivity contribution < 1.29 is 19.0 Å². The molecule has 32 heavy (non-hydrogen) atoms. The van der Waals surface area contributed by atoms with Crippen LogP contribution in [0.2, 0.25) is 5.15 Å². The summed E-state index contributed by atoms with van der Waals surface area (Å²) in [6.45, 7) is 8.13. The van der Waals surface area contributed by atoms with Gasteiger partial charge in [-0.15, -0.1) is 0 Å². The van der Waals surface area contributed by atoms with E-state index in [1.165, 1.54) is 6.07 Å². The highest BCUT2D eigenvalue weighted by Gasteiger charge is 2.27. The minimum atomic E-state index is -0.957. The highest BCUT2D eigenvalue weighted by molar-refractivity contribution is 6.29. The molecule has 1 unspecified atom stereocenters. The van der Waals surface area contributed by atoms with Crippen LogP contribution >= 0.6 is 11.6 Å². The second kappa shape index (κ2) is 11.0. The molecule has 8 heteroatoms. The standard InChI is InChI=1S/C24H31ClFN3O3/c1-15(2)14-29(18-6-8-32-9-7-18)22-12-20(26)19(16(3)10-24(30)31)11-21(22)28-17-4-5-23(25)27-13-17/h4-5,11-13,15-16,18,28H,6-10,14H2,1-3H3,(H,30,31). The van der Waals surface area contributed by atoms with Crippen LogP contribution in [0.25, 0.3) is 0 Å². The molecule has 0 aliphatic carbocycles. The monoisotopic (exact) mass is 463 g/mol. The molecule has 2 N–H and O–H groups in total. The van der Waals surface area contributed by atoms with Gasteiger partial charge >= 0.3 is 5.97 Å². The predicted octanol–water partition coefficient (Wildman–Crippen LogP) is 5.84. The van der Waals surface area contributed by atoms with Crippen molar-refractivity contribution in [3.05, 3.63) is 47.0 Å². The molecule has 0 bridgehead atoms. The van der Waals surface area contributed by atoms with E-state index >= 15 is 4.39 Å². The Morgan fingerprint density at radius 3 is 2.62 bits per heavy atom. The summed E-state index contributed by atoms with van der Waals surface area (Å²) in [6, 6.07) is 7.00. The summed E-state index contributed by atoms with van der Waals surface area (Å²) in [4.78, 5) is 17.6. The largest absolute Gasteiger partial charge is 0.481 e. The molecule has 2 aromatic rings. The molecule has 3 rings (SSSR count). The number of rotatable bonds is 9. The molecule has 0 saturated carbocycles. The van der Waals surface area contributed by atoms with Gasteiger partial charge in [-0.3, -0.25) is 4.79 Å². The van der Waals surface area contributed by atoms with Gasteiger partial charge in [-0.2, -0.15) is 0 Å².